The van der Waals surface area contributed by atoms with Crippen LogP contribution in [0.1, 0.15) is 48.1 Å². The van der Waals surface area contributed by atoms with E-state index in [9.17, 15) is 18.8 Å². The molecule has 0 aromatic heterocycles. The van der Waals surface area contributed by atoms with Gasteiger partial charge in [0.15, 0.2) is 17.3 Å². The van der Waals surface area contributed by atoms with E-state index in [0.29, 0.717) is 38.7 Å². The highest BCUT2D eigenvalue weighted by atomic mass is 35.5. The number of methoxy groups -OCH3 is 1. The van der Waals surface area contributed by atoms with Gasteiger partial charge in [-0.1, -0.05) is 72.3 Å². The van der Waals surface area contributed by atoms with E-state index in [1.165, 1.54) is 19.2 Å². The maximum atomic E-state index is 14.7. The van der Waals surface area contributed by atoms with E-state index in [4.69, 9.17) is 16.3 Å². The number of Topliss-reactive ketones (excluding diaryl/α,β-unsaturated/α-hetero) is 3. The van der Waals surface area contributed by atoms with E-state index in [1.807, 2.05) is 23.1 Å². The number of carbonyl (C=O) groups is 3. The van der Waals surface area contributed by atoms with Crippen LogP contribution in [0.25, 0.3) is 6.08 Å². The van der Waals surface area contributed by atoms with Crippen LogP contribution >= 0.6 is 11.6 Å². The first kappa shape index (κ1) is 25.4. The van der Waals surface area contributed by atoms with Crippen LogP contribution in [0.5, 0.6) is 5.75 Å². The number of hydrogen-bond donors (Lipinski definition) is 0. The Morgan fingerprint density at radius 1 is 0.902 bits per heavy atom. The maximum Gasteiger partial charge on any atom is 0.186 e. The molecule has 3 aliphatic rings. The SMILES string of the molecule is COc1cccc(C(=O)C2C(c3ccc(F)cc3)C3(C(=O)c4ccccc4C3=O)C3C=Cc4cc(Cl)ccc4N23)c1. The molecule has 1 spiro atoms. The predicted molar refractivity (Wildman–Crippen MR) is 155 cm³/mol. The van der Waals surface area contributed by atoms with Gasteiger partial charge in [-0.2, -0.15) is 0 Å². The molecular formula is C34H23ClFNO4. The van der Waals surface area contributed by atoms with E-state index >= 15 is 0 Å². The molecule has 4 aromatic rings. The van der Waals surface area contributed by atoms with Crippen molar-refractivity contribution in [3.63, 3.8) is 0 Å². The van der Waals surface area contributed by atoms with Crippen LogP contribution in [0.3, 0.4) is 0 Å². The second kappa shape index (κ2) is 9.25. The highest BCUT2D eigenvalue weighted by Gasteiger charge is 2.71. The van der Waals surface area contributed by atoms with Gasteiger partial charge in [-0.15, -0.1) is 0 Å². The van der Waals surface area contributed by atoms with Crippen LogP contribution < -0.4 is 9.64 Å². The van der Waals surface area contributed by atoms with Gasteiger partial charge in [0.2, 0.25) is 0 Å². The van der Waals surface area contributed by atoms with Gasteiger partial charge in [-0.25, -0.2) is 4.39 Å². The molecule has 1 fully saturated rings. The first-order valence-corrected chi connectivity index (χ1v) is 13.6. The number of fused-ring (bicyclic) bond motifs is 5. The van der Waals surface area contributed by atoms with Gasteiger partial charge >= 0.3 is 0 Å². The molecule has 4 aromatic carbocycles. The van der Waals surface area contributed by atoms with Crippen molar-refractivity contribution in [3.05, 3.63) is 136 Å². The fourth-order valence-corrected chi connectivity index (χ4v) is 7.12. The lowest BCUT2D eigenvalue weighted by Gasteiger charge is -2.37. The molecular weight excluding hydrogens is 541 g/mol. The molecule has 0 saturated carbocycles. The molecule has 0 N–H and O–H groups in total. The zero-order valence-corrected chi connectivity index (χ0v) is 22.6. The Labute approximate surface area is 240 Å². The lowest BCUT2D eigenvalue weighted by molar-refractivity contribution is 0.0666. The summed E-state index contributed by atoms with van der Waals surface area (Å²) in [7, 11) is 1.52. The monoisotopic (exact) mass is 563 g/mol. The van der Waals surface area contributed by atoms with E-state index in [1.54, 1.807) is 72.8 Å². The minimum Gasteiger partial charge on any atom is -0.497 e. The van der Waals surface area contributed by atoms with Crippen molar-refractivity contribution in [1.29, 1.82) is 0 Å². The predicted octanol–water partition coefficient (Wildman–Crippen LogP) is 6.80. The fraction of sp³-hybridized carbons (Fsp3) is 0.147. The smallest absolute Gasteiger partial charge is 0.186 e. The summed E-state index contributed by atoms with van der Waals surface area (Å²) in [5, 5.41) is 0.520. The molecule has 41 heavy (non-hydrogen) atoms. The normalized spacial score (nSPS) is 21.5. The number of hydrogen-bond acceptors (Lipinski definition) is 5. The Kier molecular flexibility index (Phi) is 5.73. The third-order valence-corrected chi connectivity index (χ3v) is 8.85. The fourth-order valence-electron chi connectivity index (χ4n) is 6.94. The molecule has 3 atom stereocenters. The molecule has 7 heteroatoms. The van der Waals surface area contributed by atoms with Crippen LogP contribution in [-0.4, -0.2) is 36.5 Å². The van der Waals surface area contributed by atoms with Crippen molar-refractivity contribution < 1.29 is 23.5 Å². The molecule has 2 heterocycles. The first-order valence-electron chi connectivity index (χ1n) is 13.2. The molecule has 7 rings (SSSR count). The van der Waals surface area contributed by atoms with Gasteiger partial charge < -0.3 is 9.64 Å². The van der Waals surface area contributed by atoms with Gasteiger partial charge in [0.05, 0.1) is 13.2 Å². The molecule has 0 radical (unpaired) electrons. The summed E-state index contributed by atoms with van der Waals surface area (Å²) >= 11 is 6.34. The summed E-state index contributed by atoms with van der Waals surface area (Å²) in [5.74, 6) is -1.85. The van der Waals surface area contributed by atoms with Crippen LogP contribution in [0.15, 0.2) is 97.1 Å². The van der Waals surface area contributed by atoms with Gasteiger partial charge in [0, 0.05) is 33.3 Å². The first-order chi connectivity index (χ1) is 19.9. The van der Waals surface area contributed by atoms with Crippen molar-refractivity contribution >= 4 is 40.7 Å². The zero-order valence-electron chi connectivity index (χ0n) is 21.9. The van der Waals surface area contributed by atoms with Gasteiger partial charge in [-0.05, 0) is 53.6 Å². The number of anilines is 1. The number of nitrogens with zero attached hydrogens (tertiary/aromatic N) is 1. The minimum absolute atomic E-state index is 0.284. The Bertz CT molecular complexity index is 1760. The Balaban J connectivity index is 1.54. The Morgan fingerprint density at radius 2 is 1.61 bits per heavy atom. The Hall–Kier alpha value is -4.55. The highest BCUT2D eigenvalue weighted by Crippen LogP contribution is 2.61. The summed E-state index contributed by atoms with van der Waals surface area (Å²) in [5.41, 5.74) is 1.35. The van der Waals surface area contributed by atoms with Crippen LogP contribution in [0.4, 0.5) is 10.1 Å². The number of carbonyl (C=O) groups excluding carboxylic acids is 3. The lowest BCUT2D eigenvalue weighted by atomic mass is 9.64. The van der Waals surface area contributed by atoms with E-state index in [0.717, 1.165) is 5.56 Å². The van der Waals surface area contributed by atoms with E-state index < -0.39 is 29.2 Å². The molecule has 202 valence electrons. The topological polar surface area (TPSA) is 63.7 Å². The summed E-state index contributed by atoms with van der Waals surface area (Å²) in [6, 6.07) is 22.9. The second-order valence-corrected chi connectivity index (χ2v) is 11.0. The molecule has 5 nitrogen and oxygen atoms in total. The van der Waals surface area contributed by atoms with Crippen molar-refractivity contribution in [2.24, 2.45) is 5.41 Å². The Morgan fingerprint density at radius 3 is 2.29 bits per heavy atom. The second-order valence-electron chi connectivity index (χ2n) is 10.6. The third-order valence-electron chi connectivity index (χ3n) is 8.62. The molecule has 1 saturated heterocycles. The zero-order chi connectivity index (χ0) is 28.5. The number of benzene rings is 4. The molecule has 0 bridgehead atoms. The summed E-state index contributed by atoms with van der Waals surface area (Å²) in [6.45, 7) is 0. The van der Waals surface area contributed by atoms with Crippen molar-refractivity contribution in [2.75, 3.05) is 12.0 Å². The summed E-state index contributed by atoms with van der Waals surface area (Å²) in [4.78, 5) is 45.8. The van der Waals surface area contributed by atoms with Gasteiger partial charge in [0.1, 0.15) is 23.0 Å². The molecule has 3 unspecified atom stereocenters. The molecule has 2 aliphatic heterocycles. The summed E-state index contributed by atoms with van der Waals surface area (Å²) in [6.07, 6.45) is 3.68. The highest BCUT2D eigenvalue weighted by molar-refractivity contribution is 6.32. The number of rotatable bonds is 4. The van der Waals surface area contributed by atoms with E-state index in [-0.39, 0.29) is 17.3 Å². The average Bonchev–Trinajstić information content (AvgIpc) is 3.43. The van der Waals surface area contributed by atoms with Gasteiger partial charge in [0.25, 0.3) is 0 Å². The average molecular weight is 564 g/mol. The largest absolute Gasteiger partial charge is 0.497 e. The standard InChI is InChI=1S/C34H23ClFNO4/c1-41-24-6-4-5-21(18-24)31(38)30-29(19-9-13-23(36)14-10-19)34(32(39)25-7-2-3-8-26(25)33(34)40)28-16-11-20-17-22(35)12-15-27(20)37(28)30/h2-18,28-30H,1H3. The van der Waals surface area contributed by atoms with Crippen LogP contribution in [0, 0.1) is 11.2 Å². The molecule has 0 amide bonds. The van der Waals surface area contributed by atoms with Crippen molar-refractivity contribution in [3.8, 4) is 5.75 Å². The van der Waals surface area contributed by atoms with Crippen molar-refractivity contribution in [2.45, 2.75) is 18.0 Å². The van der Waals surface area contributed by atoms with Crippen LogP contribution in [0.2, 0.25) is 5.02 Å². The molecule has 1 aliphatic carbocycles. The third kappa shape index (κ3) is 3.50. The number of ether oxygens (including phenoxy) is 1. The number of halogens is 2. The minimum atomic E-state index is -1.66. The van der Waals surface area contributed by atoms with Crippen LogP contribution in [-0.2, 0) is 0 Å². The quantitative estimate of drug-likeness (QED) is 0.202. The van der Waals surface area contributed by atoms with Crippen molar-refractivity contribution in [1.82, 2.24) is 0 Å². The summed E-state index contributed by atoms with van der Waals surface area (Å²) < 4.78 is 19.6. The maximum absolute atomic E-state index is 14.7. The van der Waals surface area contributed by atoms with E-state index in [2.05, 4.69) is 0 Å². The lowest BCUT2D eigenvalue weighted by Crippen LogP contribution is -2.48. The van der Waals surface area contributed by atoms with Gasteiger partial charge in [-0.3, -0.25) is 14.4 Å². The number of ketones is 3.